The molecule has 2 unspecified atom stereocenters. The van der Waals surface area contributed by atoms with E-state index in [-0.39, 0.29) is 13.2 Å². The molecule has 1 aliphatic rings. The number of methoxy groups -OCH3 is 2. The number of carbonyl (C=O) groups is 3. The Hall–Kier alpha value is -4.02. The number of nitrogens with zero attached hydrogens (tertiary/aromatic N) is 1. The van der Waals surface area contributed by atoms with Crippen LogP contribution < -0.4 is 14.8 Å². The molecule has 1 fully saturated rings. The number of nitrogens with one attached hydrogen (secondary N) is 1. The van der Waals surface area contributed by atoms with Crippen molar-refractivity contribution in [2.75, 3.05) is 27.4 Å². The number of esters is 1. The number of hydrogen-bond donors (Lipinski definition) is 2. The average Bonchev–Trinajstić information content (AvgIpc) is 2.98. The second kappa shape index (κ2) is 13.6. The number of carbonyl (C=O) groups excluding carboxylic acids is 3. The van der Waals surface area contributed by atoms with Crippen LogP contribution in [0, 0.1) is 0 Å². The smallest absolute Gasteiger partial charge is 0.304 e. The molecule has 41 heavy (non-hydrogen) atoms. The summed E-state index contributed by atoms with van der Waals surface area (Å²) >= 11 is 1.04. The first kappa shape index (κ1) is 30.0. The Morgan fingerprint density at radius 2 is 1.46 bits per heavy atom. The van der Waals surface area contributed by atoms with Crippen LogP contribution in [-0.4, -0.2) is 72.2 Å². The number of likely N-dealkylation sites (tertiary alicyclic amines) is 1. The lowest BCUT2D eigenvalue weighted by Gasteiger charge is -2.55. The van der Waals surface area contributed by atoms with Crippen LogP contribution in [0.15, 0.2) is 83.8 Å². The van der Waals surface area contributed by atoms with E-state index in [1.54, 1.807) is 26.4 Å². The van der Waals surface area contributed by atoms with Gasteiger partial charge in [-0.25, -0.2) is 0 Å². The Bertz CT molecular complexity index is 1290. The van der Waals surface area contributed by atoms with Crippen LogP contribution in [0.2, 0.25) is 0 Å². The van der Waals surface area contributed by atoms with Gasteiger partial charge in [0.1, 0.15) is 11.5 Å². The number of aliphatic hydroxyl groups excluding tert-OH is 1. The summed E-state index contributed by atoms with van der Waals surface area (Å²) in [5.41, 5.74) is 1.87. The highest BCUT2D eigenvalue weighted by molar-refractivity contribution is 8.01. The van der Waals surface area contributed by atoms with Gasteiger partial charge >= 0.3 is 5.97 Å². The van der Waals surface area contributed by atoms with Gasteiger partial charge in [-0.3, -0.25) is 14.4 Å². The third-order valence-corrected chi connectivity index (χ3v) is 8.08. The van der Waals surface area contributed by atoms with Gasteiger partial charge in [-0.15, -0.1) is 0 Å². The monoisotopic (exact) mass is 578 g/mol. The van der Waals surface area contributed by atoms with Crippen molar-refractivity contribution in [2.45, 2.75) is 41.7 Å². The lowest BCUT2D eigenvalue weighted by Crippen LogP contribution is -2.79. The van der Waals surface area contributed by atoms with E-state index in [4.69, 9.17) is 14.2 Å². The summed E-state index contributed by atoms with van der Waals surface area (Å²) in [4.78, 5) is 40.6. The molecule has 0 radical (unpaired) electrons. The first-order chi connectivity index (χ1) is 19.8. The number of hydrogen-bond acceptors (Lipinski definition) is 8. The van der Waals surface area contributed by atoms with Crippen molar-refractivity contribution in [3.8, 4) is 11.5 Å². The Balaban J connectivity index is 1.75. The van der Waals surface area contributed by atoms with Gasteiger partial charge in [-0.2, -0.15) is 0 Å². The first-order valence-electron chi connectivity index (χ1n) is 13.2. The van der Waals surface area contributed by atoms with Crippen LogP contribution >= 0.6 is 11.8 Å². The highest BCUT2D eigenvalue weighted by atomic mass is 32.2. The highest BCUT2D eigenvalue weighted by Crippen LogP contribution is 2.49. The summed E-state index contributed by atoms with van der Waals surface area (Å²) < 4.78 is 16.3. The summed E-state index contributed by atoms with van der Waals surface area (Å²) in [6, 6.07) is 22.5. The van der Waals surface area contributed by atoms with Crippen LogP contribution in [0.25, 0.3) is 0 Å². The number of aliphatic hydroxyl groups is 1. The standard InChI is InChI=1S/C31H34N2O7S/c1-21(35)40-31(41-27-7-5-4-6-8-27)28(29(36)32-17-18-34)33(30(31)37)24(19-22-9-13-25(38-2)14-10-22)20-23-11-15-26(39-3)16-12-23/h4-16,24,28,34H,17-20H2,1-3H3,(H,32,36). The lowest BCUT2D eigenvalue weighted by molar-refractivity contribution is -0.194. The molecule has 3 aromatic carbocycles. The molecule has 0 aliphatic carbocycles. The molecule has 0 bridgehead atoms. The Kier molecular flexibility index (Phi) is 9.91. The molecular formula is C31H34N2O7S. The minimum Gasteiger partial charge on any atom is -0.497 e. The molecule has 3 aromatic rings. The molecule has 0 saturated carbocycles. The van der Waals surface area contributed by atoms with Crippen molar-refractivity contribution in [1.29, 1.82) is 0 Å². The molecule has 0 spiro atoms. The molecule has 0 aromatic heterocycles. The third kappa shape index (κ3) is 6.83. The zero-order chi connectivity index (χ0) is 29.4. The van der Waals surface area contributed by atoms with Gasteiger partial charge in [0.25, 0.3) is 10.8 Å². The first-order valence-corrected chi connectivity index (χ1v) is 14.0. The summed E-state index contributed by atoms with van der Waals surface area (Å²) in [6.07, 6.45) is 0.857. The molecule has 1 saturated heterocycles. The molecule has 9 nitrogen and oxygen atoms in total. The summed E-state index contributed by atoms with van der Waals surface area (Å²) in [5, 5.41) is 12.1. The molecule has 4 rings (SSSR count). The van der Waals surface area contributed by atoms with Crippen LogP contribution in [0.4, 0.5) is 0 Å². The van der Waals surface area contributed by atoms with Gasteiger partial charge in [-0.1, -0.05) is 54.2 Å². The molecule has 2 N–H and O–H groups in total. The predicted molar refractivity (Wildman–Crippen MR) is 155 cm³/mol. The Morgan fingerprint density at radius 1 is 0.927 bits per heavy atom. The third-order valence-electron chi connectivity index (χ3n) is 6.79. The largest absolute Gasteiger partial charge is 0.497 e. The second-order valence-corrected chi connectivity index (χ2v) is 10.8. The van der Waals surface area contributed by atoms with Crippen molar-refractivity contribution >= 4 is 29.5 Å². The predicted octanol–water partition coefficient (Wildman–Crippen LogP) is 3.23. The molecule has 2 atom stereocenters. The van der Waals surface area contributed by atoms with Crippen LogP contribution in [-0.2, 0) is 32.0 Å². The molecule has 2 amide bonds. The quantitative estimate of drug-likeness (QED) is 0.181. The fraction of sp³-hybridized carbons (Fsp3) is 0.323. The van der Waals surface area contributed by atoms with E-state index in [2.05, 4.69) is 5.32 Å². The minimum absolute atomic E-state index is 0.00878. The zero-order valence-electron chi connectivity index (χ0n) is 23.2. The van der Waals surface area contributed by atoms with E-state index in [1.165, 1.54) is 11.8 Å². The molecule has 1 aliphatic heterocycles. The van der Waals surface area contributed by atoms with Crippen LogP contribution in [0.5, 0.6) is 11.5 Å². The van der Waals surface area contributed by atoms with Crippen LogP contribution in [0.1, 0.15) is 18.1 Å². The van der Waals surface area contributed by atoms with Crippen molar-refractivity contribution in [3.05, 3.63) is 90.0 Å². The topological polar surface area (TPSA) is 114 Å². The van der Waals surface area contributed by atoms with Gasteiger partial charge < -0.3 is 29.5 Å². The van der Waals surface area contributed by atoms with E-state index < -0.39 is 34.8 Å². The number of benzene rings is 3. The summed E-state index contributed by atoms with van der Waals surface area (Å²) in [6.45, 7) is 0.934. The van der Waals surface area contributed by atoms with E-state index >= 15 is 0 Å². The maximum atomic E-state index is 14.2. The lowest BCUT2D eigenvalue weighted by atomic mass is 9.87. The van der Waals surface area contributed by atoms with Gasteiger partial charge in [-0.05, 0) is 60.4 Å². The van der Waals surface area contributed by atoms with E-state index in [9.17, 15) is 19.5 Å². The maximum Gasteiger partial charge on any atom is 0.304 e. The second-order valence-electron chi connectivity index (χ2n) is 9.56. The van der Waals surface area contributed by atoms with Crippen LogP contribution in [0.3, 0.4) is 0 Å². The number of rotatable bonds is 13. The SMILES string of the molecule is COc1ccc(CC(Cc2ccc(OC)cc2)N2C(=O)C(OC(C)=O)(Sc3ccccc3)C2C(=O)NCCO)cc1. The number of amides is 2. The zero-order valence-corrected chi connectivity index (χ0v) is 24.1. The Morgan fingerprint density at radius 3 is 1.93 bits per heavy atom. The van der Waals surface area contributed by atoms with Gasteiger partial charge in [0.15, 0.2) is 6.04 Å². The Labute approximate surface area is 243 Å². The fourth-order valence-corrected chi connectivity index (χ4v) is 6.24. The summed E-state index contributed by atoms with van der Waals surface area (Å²) in [5.74, 6) is -0.261. The normalized spacial score (nSPS) is 18.0. The number of thioether (sulfide) groups is 1. The van der Waals surface area contributed by atoms with E-state index in [0.717, 1.165) is 22.9 Å². The van der Waals surface area contributed by atoms with E-state index in [0.29, 0.717) is 29.2 Å². The number of β-lactam (4-membered cyclic amide) rings is 1. The number of ether oxygens (including phenoxy) is 3. The maximum absolute atomic E-state index is 14.2. The van der Waals surface area contributed by atoms with Crippen molar-refractivity contribution in [2.24, 2.45) is 0 Å². The van der Waals surface area contributed by atoms with Crippen molar-refractivity contribution in [3.63, 3.8) is 0 Å². The highest BCUT2D eigenvalue weighted by Gasteiger charge is 2.69. The van der Waals surface area contributed by atoms with Crippen molar-refractivity contribution in [1.82, 2.24) is 10.2 Å². The molecule has 216 valence electrons. The molecular weight excluding hydrogens is 544 g/mol. The fourth-order valence-electron chi connectivity index (χ4n) is 4.92. The molecule has 1 heterocycles. The average molecular weight is 579 g/mol. The van der Waals surface area contributed by atoms with Gasteiger partial charge in [0, 0.05) is 24.4 Å². The van der Waals surface area contributed by atoms with E-state index in [1.807, 2.05) is 66.7 Å². The summed E-state index contributed by atoms with van der Waals surface area (Å²) in [7, 11) is 3.18. The van der Waals surface area contributed by atoms with Gasteiger partial charge in [0.2, 0.25) is 5.91 Å². The minimum atomic E-state index is -1.80. The van der Waals surface area contributed by atoms with Crippen molar-refractivity contribution < 1.29 is 33.7 Å². The molecule has 10 heteroatoms. The van der Waals surface area contributed by atoms with Gasteiger partial charge in [0.05, 0.1) is 20.8 Å².